The number of hydrogen-bond acceptors (Lipinski definition) is 5. The van der Waals surface area contributed by atoms with Crippen molar-refractivity contribution in [2.75, 3.05) is 34.4 Å². The summed E-state index contributed by atoms with van der Waals surface area (Å²) in [6, 6.07) is 5.81. The van der Waals surface area contributed by atoms with Crippen molar-refractivity contribution in [3.8, 4) is 11.5 Å². The predicted octanol–water partition coefficient (Wildman–Crippen LogP) is 1.94. The van der Waals surface area contributed by atoms with Gasteiger partial charge in [0.15, 0.2) is 11.5 Å². The zero-order valence-corrected chi connectivity index (χ0v) is 16.2. The van der Waals surface area contributed by atoms with Crippen molar-refractivity contribution in [1.29, 1.82) is 0 Å². The number of carbonyl (C=O) groups is 1. The van der Waals surface area contributed by atoms with Crippen LogP contribution in [0.2, 0.25) is 0 Å². The van der Waals surface area contributed by atoms with Gasteiger partial charge in [-0.3, -0.25) is 4.79 Å². The highest BCUT2D eigenvalue weighted by Gasteiger charge is 2.40. The van der Waals surface area contributed by atoms with E-state index in [-0.39, 0.29) is 24.4 Å². The van der Waals surface area contributed by atoms with Crippen molar-refractivity contribution in [3.05, 3.63) is 23.8 Å². The van der Waals surface area contributed by atoms with Crippen LogP contribution in [0, 0.1) is 0 Å². The molecule has 1 fully saturated rings. The zero-order valence-electron chi connectivity index (χ0n) is 15.4. The Labute approximate surface area is 156 Å². The lowest BCUT2D eigenvalue weighted by Gasteiger charge is -2.35. The minimum absolute atomic E-state index is 0. The summed E-state index contributed by atoms with van der Waals surface area (Å²) in [6.07, 6.45) is 2.10. The van der Waals surface area contributed by atoms with Crippen LogP contribution in [-0.2, 0) is 16.0 Å². The number of benzene rings is 1. The predicted molar refractivity (Wildman–Crippen MR) is 99.9 cm³/mol. The first-order valence-electron chi connectivity index (χ1n) is 8.32. The maximum Gasteiger partial charge on any atom is 0.252 e. The molecule has 6 nitrogen and oxygen atoms in total. The van der Waals surface area contributed by atoms with Crippen LogP contribution in [0.4, 0.5) is 0 Å². The highest BCUT2D eigenvalue weighted by atomic mass is 35.5. The molecule has 1 aromatic rings. The molecule has 7 heteroatoms. The molecule has 1 aliphatic rings. The molecule has 0 bridgehead atoms. The SMILES string of the molecule is COc1ccc(CC(C)NC(=O)C2(OC)CCNCC2)cc1OC.Cl. The molecule has 25 heavy (non-hydrogen) atoms. The summed E-state index contributed by atoms with van der Waals surface area (Å²) in [5.41, 5.74) is 0.370. The van der Waals surface area contributed by atoms with Gasteiger partial charge in [-0.25, -0.2) is 0 Å². The lowest BCUT2D eigenvalue weighted by Crippen LogP contribution is -2.55. The van der Waals surface area contributed by atoms with Crippen molar-refractivity contribution in [2.45, 2.75) is 37.8 Å². The number of methoxy groups -OCH3 is 3. The van der Waals surface area contributed by atoms with E-state index < -0.39 is 5.60 Å². The Bertz CT molecular complexity index is 562. The Balaban J connectivity index is 0.00000312. The third-order valence-electron chi connectivity index (χ3n) is 4.58. The fourth-order valence-electron chi connectivity index (χ4n) is 3.12. The van der Waals surface area contributed by atoms with Crippen LogP contribution in [0.25, 0.3) is 0 Å². The van der Waals surface area contributed by atoms with Crippen LogP contribution in [-0.4, -0.2) is 52.0 Å². The summed E-state index contributed by atoms with van der Waals surface area (Å²) in [7, 11) is 4.85. The molecule has 1 heterocycles. The average molecular weight is 373 g/mol. The van der Waals surface area contributed by atoms with E-state index in [0.717, 1.165) is 18.7 Å². The topological polar surface area (TPSA) is 68.8 Å². The van der Waals surface area contributed by atoms with E-state index >= 15 is 0 Å². The van der Waals surface area contributed by atoms with Crippen molar-refractivity contribution >= 4 is 18.3 Å². The molecule has 0 radical (unpaired) electrons. The van der Waals surface area contributed by atoms with E-state index in [0.29, 0.717) is 30.8 Å². The average Bonchev–Trinajstić information content (AvgIpc) is 2.61. The van der Waals surface area contributed by atoms with E-state index in [1.807, 2.05) is 25.1 Å². The first-order valence-corrected chi connectivity index (χ1v) is 8.32. The molecule has 1 amide bonds. The molecule has 2 rings (SSSR count). The quantitative estimate of drug-likeness (QED) is 0.765. The van der Waals surface area contributed by atoms with Gasteiger partial charge in [-0.05, 0) is 57.0 Å². The molecular formula is C18H29ClN2O4. The molecule has 1 atom stereocenters. The third-order valence-corrected chi connectivity index (χ3v) is 4.58. The highest BCUT2D eigenvalue weighted by Crippen LogP contribution is 2.28. The molecule has 2 N–H and O–H groups in total. The number of halogens is 1. The van der Waals surface area contributed by atoms with Gasteiger partial charge >= 0.3 is 0 Å². The lowest BCUT2D eigenvalue weighted by molar-refractivity contribution is -0.147. The van der Waals surface area contributed by atoms with Crippen molar-refractivity contribution in [2.24, 2.45) is 0 Å². The summed E-state index contributed by atoms with van der Waals surface area (Å²) in [5.74, 6) is 1.37. The second kappa shape index (κ2) is 9.85. The van der Waals surface area contributed by atoms with Crippen LogP contribution < -0.4 is 20.1 Å². The Morgan fingerprint density at radius 2 is 1.84 bits per heavy atom. The Kier molecular flexibility index (Phi) is 8.48. The first-order chi connectivity index (χ1) is 11.5. The second-order valence-electron chi connectivity index (χ2n) is 6.22. The van der Waals surface area contributed by atoms with Crippen LogP contribution in [0.1, 0.15) is 25.3 Å². The molecule has 1 aliphatic heterocycles. The molecule has 142 valence electrons. The molecule has 1 aromatic carbocycles. The van der Waals surface area contributed by atoms with Gasteiger partial charge in [0.2, 0.25) is 0 Å². The monoisotopic (exact) mass is 372 g/mol. The van der Waals surface area contributed by atoms with Gasteiger partial charge in [-0.15, -0.1) is 12.4 Å². The van der Waals surface area contributed by atoms with Crippen LogP contribution in [0.5, 0.6) is 11.5 Å². The van der Waals surface area contributed by atoms with Crippen LogP contribution in [0.15, 0.2) is 18.2 Å². The minimum atomic E-state index is -0.711. The number of ether oxygens (including phenoxy) is 3. The summed E-state index contributed by atoms with van der Waals surface area (Å²) in [5, 5.41) is 6.35. The maximum absolute atomic E-state index is 12.7. The van der Waals surface area contributed by atoms with Gasteiger partial charge in [0.25, 0.3) is 5.91 Å². The summed E-state index contributed by atoms with van der Waals surface area (Å²) in [6.45, 7) is 3.59. The fourth-order valence-corrected chi connectivity index (χ4v) is 3.12. The summed E-state index contributed by atoms with van der Waals surface area (Å²) in [4.78, 5) is 12.7. The molecule has 0 aromatic heterocycles. The Morgan fingerprint density at radius 1 is 1.20 bits per heavy atom. The molecule has 1 saturated heterocycles. The van der Waals surface area contributed by atoms with E-state index in [2.05, 4.69) is 10.6 Å². The van der Waals surface area contributed by atoms with E-state index in [1.54, 1.807) is 21.3 Å². The fraction of sp³-hybridized carbons (Fsp3) is 0.611. The Hall–Kier alpha value is -1.50. The number of piperidine rings is 1. The van der Waals surface area contributed by atoms with E-state index in [1.165, 1.54) is 0 Å². The van der Waals surface area contributed by atoms with Crippen molar-refractivity contribution in [1.82, 2.24) is 10.6 Å². The Morgan fingerprint density at radius 3 is 2.40 bits per heavy atom. The van der Waals surface area contributed by atoms with Gasteiger partial charge in [0.1, 0.15) is 5.60 Å². The number of hydrogen-bond donors (Lipinski definition) is 2. The number of nitrogens with one attached hydrogen (secondary N) is 2. The normalized spacial score (nSPS) is 17.1. The largest absolute Gasteiger partial charge is 0.493 e. The van der Waals surface area contributed by atoms with Crippen LogP contribution in [0.3, 0.4) is 0 Å². The van der Waals surface area contributed by atoms with Gasteiger partial charge in [0.05, 0.1) is 14.2 Å². The van der Waals surface area contributed by atoms with Crippen LogP contribution >= 0.6 is 12.4 Å². The first kappa shape index (κ1) is 21.5. The number of rotatable bonds is 7. The number of amides is 1. The molecular weight excluding hydrogens is 344 g/mol. The zero-order chi connectivity index (χ0) is 17.6. The van der Waals surface area contributed by atoms with Crippen molar-refractivity contribution < 1.29 is 19.0 Å². The smallest absolute Gasteiger partial charge is 0.252 e. The lowest BCUT2D eigenvalue weighted by atomic mass is 9.90. The maximum atomic E-state index is 12.7. The standard InChI is InChI=1S/C18H28N2O4.ClH/c1-13(11-14-5-6-15(22-2)16(12-14)23-3)20-17(21)18(24-4)7-9-19-10-8-18;/h5-6,12-13,19H,7-11H2,1-4H3,(H,20,21);1H. The molecule has 1 unspecified atom stereocenters. The highest BCUT2D eigenvalue weighted by molar-refractivity contribution is 5.86. The summed E-state index contributed by atoms with van der Waals surface area (Å²) < 4.78 is 16.1. The van der Waals surface area contributed by atoms with Gasteiger partial charge in [-0.2, -0.15) is 0 Å². The van der Waals surface area contributed by atoms with Crippen molar-refractivity contribution in [3.63, 3.8) is 0 Å². The summed E-state index contributed by atoms with van der Waals surface area (Å²) >= 11 is 0. The van der Waals surface area contributed by atoms with Gasteiger partial charge in [-0.1, -0.05) is 6.07 Å². The molecule has 0 spiro atoms. The van der Waals surface area contributed by atoms with Gasteiger partial charge < -0.3 is 24.8 Å². The van der Waals surface area contributed by atoms with E-state index in [9.17, 15) is 4.79 Å². The van der Waals surface area contributed by atoms with Gasteiger partial charge in [0, 0.05) is 13.2 Å². The number of carbonyl (C=O) groups excluding carboxylic acids is 1. The second-order valence-corrected chi connectivity index (χ2v) is 6.22. The minimum Gasteiger partial charge on any atom is -0.493 e. The third kappa shape index (κ3) is 5.23. The van der Waals surface area contributed by atoms with E-state index in [4.69, 9.17) is 14.2 Å². The molecule has 0 aliphatic carbocycles. The molecule has 0 saturated carbocycles.